The van der Waals surface area contributed by atoms with Gasteiger partial charge in [-0.25, -0.2) is 4.79 Å². The standard InChI is InChI=1S/C22H23N3O2/c1-16-13-21(19-8-7-18(22(26)27)14-20(19)23-16)25-11-9-24(10-12-25)15-17-5-3-2-4-6-17/h2-8,13-14H,9-12,15H2,1H3,(H,26,27). The lowest BCUT2D eigenvalue weighted by molar-refractivity contribution is 0.0697. The minimum atomic E-state index is -0.920. The fraction of sp³-hybridized carbons (Fsp3) is 0.273. The van der Waals surface area contributed by atoms with Crippen LogP contribution in [0, 0.1) is 6.92 Å². The summed E-state index contributed by atoms with van der Waals surface area (Å²) in [7, 11) is 0. The van der Waals surface area contributed by atoms with Crippen LogP contribution in [0.2, 0.25) is 0 Å². The van der Waals surface area contributed by atoms with Crippen molar-refractivity contribution in [2.45, 2.75) is 13.5 Å². The van der Waals surface area contributed by atoms with Crippen LogP contribution in [-0.2, 0) is 6.54 Å². The molecule has 5 nitrogen and oxygen atoms in total. The number of carboxylic acids is 1. The summed E-state index contributed by atoms with van der Waals surface area (Å²) in [5.74, 6) is -0.920. The molecule has 1 aromatic heterocycles. The third kappa shape index (κ3) is 3.78. The molecule has 4 rings (SSSR count). The van der Waals surface area contributed by atoms with Crippen LogP contribution >= 0.6 is 0 Å². The van der Waals surface area contributed by atoms with Crippen LogP contribution in [0.15, 0.2) is 54.6 Å². The molecule has 0 atom stereocenters. The maximum Gasteiger partial charge on any atom is 0.335 e. The highest BCUT2D eigenvalue weighted by Crippen LogP contribution is 2.28. The Labute approximate surface area is 158 Å². The monoisotopic (exact) mass is 361 g/mol. The number of aromatic nitrogens is 1. The Kier molecular flexibility index (Phi) is 4.77. The van der Waals surface area contributed by atoms with Gasteiger partial charge in [-0.1, -0.05) is 30.3 Å². The number of anilines is 1. The molecule has 0 saturated carbocycles. The first-order chi connectivity index (χ1) is 13.1. The molecule has 0 spiro atoms. The highest BCUT2D eigenvalue weighted by Gasteiger charge is 2.20. The number of pyridine rings is 1. The van der Waals surface area contributed by atoms with Crippen molar-refractivity contribution in [3.05, 3.63) is 71.4 Å². The Bertz CT molecular complexity index is 964. The van der Waals surface area contributed by atoms with Crippen LogP contribution in [0.5, 0.6) is 0 Å². The van der Waals surface area contributed by atoms with Gasteiger partial charge in [0.1, 0.15) is 0 Å². The molecule has 1 aliphatic heterocycles. The quantitative estimate of drug-likeness (QED) is 0.770. The van der Waals surface area contributed by atoms with Gasteiger partial charge in [0.05, 0.1) is 11.1 Å². The van der Waals surface area contributed by atoms with E-state index in [1.807, 2.05) is 19.1 Å². The number of rotatable bonds is 4. The highest BCUT2D eigenvalue weighted by atomic mass is 16.4. The molecule has 0 bridgehead atoms. The average Bonchev–Trinajstić information content (AvgIpc) is 2.68. The SMILES string of the molecule is Cc1cc(N2CCN(Cc3ccccc3)CC2)c2ccc(C(=O)O)cc2n1. The number of carbonyl (C=O) groups is 1. The van der Waals surface area contributed by atoms with E-state index in [0.717, 1.165) is 55.0 Å². The van der Waals surface area contributed by atoms with Gasteiger partial charge >= 0.3 is 5.97 Å². The molecule has 0 amide bonds. The predicted molar refractivity (Wildman–Crippen MR) is 107 cm³/mol. The van der Waals surface area contributed by atoms with E-state index >= 15 is 0 Å². The third-order valence-electron chi connectivity index (χ3n) is 5.13. The zero-order valence-electron chi connectivity index (χ0n) is 15.4. The van der Waals surface area contributed by atoms with Gasteiger partial charge in [0, 0.05) is 49.5 Å². The first-order valence-corrected chi connectivity index (χ1v) is 9.26. The van der Waals surface area contributed by atoms with Crippen molar-refractivity contribution < 1.29 is 9.90 Å². The fourth-order valence-electron chi connectivity index (χ4n) is 3.72. The molecule has 0 aliphatic carbocycles. The first kappa shape index (κ1) is 17.5. The number of aromatic carboxylic acids is 1. The summed E-state index contributed by atoms with van der Waals surface area (Å²) in [5, 5.41) is 10.3. The summed E-state index contributed by atoms with van der Waals surface area (Å²) in [5.41, 5.74) is 4.42. The van der Waals surface area contributed by atoms with Crippen LogP contribution < -0.4 is 4.90 Å². The van der Waals surface area contributed by atoms with E-state index in [2.05, 4.69) is 45.1 Å². The second-order valence-electron chi connectivity index (χ2n) is 7.07. The maximum atomic E-state index is 11.3. The van der Waals surface area contributed by atoms with Crippen molar-refractivity contribution in [2.75, 3.05) is 31.1 Å². The van der Waals surface area contributed by atoms with Crippen LogP contribution in [0.3, 0.4) is 0 Å². The van der Waals surface area contributed by atoms with Gasteiger partial charge in [-0.2, -0.15) is 0 Å². The number of benzene rings is 2. The molecule has 0 unspecified atom stereocenters. The number of piperazine rings is 1. The van der Waals surface area contributed by atoms with Gasteiger partial charge in [-0.05, 0) is 36.8 Å². The Hall–Kier alpha value is -2.92. The van der Waals surface area contributed by atoms with Gasteiger partial charge in [0.15, 0.2) is 0 Å². The molecule has 1 aliphatic rings. The van der Waals surface area contributed by atoms with Gasteiger partial charge in [-0.15, -0.1) is 0 Å². The van der Waals surface area contributed by atoms with E-state index in [-0.39, 0.29) is 5.56 Å². The first-order valence-electron chi connectivity index (χ1n) is 9.26. The lowest BCUT2D eigenvalue weighted by atomic mass is 10.1. The zero-order chi connectivity index (χ0) is 18.8. The number of nitrogens with zero attached hydrogens (tertiary/aromatic N) is 3. The molecule has 3 aromatic rings. The van der Waals surface area contributed by atoms with Gasteiger partial charge < -0.3 is 10.0 Å². The van der Waals surface area contributed by atoms with Crippen molar-refractivity contribution >= 4 is 22.6 Å². The summed E-state index contributed by atoms with van der Waals surface area (Å²) in [6.07, 6.45) is 0. The van der Waals surface area contributed by atoms with Crippen LogP contribution in [0.25, 0.3) is 10.9 Å². The molecule has 2 aromatic carbocycles. The molecular formula is C22H23N3O2. The molecule has 5 heteroatoms. The smallest absolute Gasteiger partial charge is 0.335 e. The Balaban J connectivity index is 1.54. The summed E-state index contributed by atoms with van der Waals surface area (Å²) < 4.78 is 0. The minimum absolute atomic E-state index is 0.277. The molecule has 138 valence electrons. The van der Waals surface area contributed by atoms with Crippen LogP contribution in [0.1, 0.15) is 21.6 Å². The predicted octanol–water partition coefficient (Wildman–Crippen LogP) is 3.56. The van der Waals surface area contributed by atoms with E-state index in [1.54, 1.807) is 12.1 Å². The Morgan fingerprint density at radius 2 is 1.78 bits per heavy atom. The fourth-order valence-corrected chi connectivity index (χ4v) is 3.72. The van der Waals surface area contributed by atoms with Crippen molar-refractivity contribution in [3.8, 4) is 0 Å². The van der Waals surface area contributed by atoms with Crippen LogP contribution in [0.4, 0.5) is 5.69 Å². The van der Waals surface area contributed by atoms with Gasteiger partial charge in [0.25, 0.3) is 0 Å². The van der Waals surface area contributed by atoms with E-state index in [0.29, 0.717) is 0 Å². The lowest BCUT2D eigenvalue weighted by Crippen LogP contribution is -2.46. The van der Waals surface area contributed by atoms with Crippen LogP contribution in [-0.4, -0.2) is 47.1 Å². The number of hydrogen-bond acceptors (Lipinski definition) is 4. The molecule has 27 heavy (non-hydrogen) atoms. The van der Waals surface area contributed by atoms with Crippen molar-refractivity contribution in [3.63, 3.8) is 0 Å². The maximum absolute atomic E-state index is 11.3. The Morgan fingerprint density at radius 3 is 2.48 bits per heavy atom. The lowest BCUT2D eigenvalue weighted by Gasteiger charge is -2.36. The molecule has 1 fully saturated rings. The van der Waals surface area contributed by atoms with Gasteiger partial charge in [-0.3, -0.25) is 9.88 Å². The largest absolute Gasteiger partial charge is 0.478 e. The van der Waals surface area contributed by atoms with Gasteiger partial charge in [0.2, 0.25) is 0 Å². The summed E-state index contributed by atoms with van der Waals surface area (Å²) in [4.78, 5) is 20.7. The topological polar surface area (TPSA) is 56.7 Å². The number of carboxylic acid groups (broad SMARTS) is 1. The number of aryl methyl sites for hydroxylation is 1. The third-order valence-corrected chi connectivity index (χ3v) is 5.13. The van der Waals surface area contributed by atoms with Crippen molar-refractivity contribution in [1.29, 1.82) is 0 Å². The summed E-state index contributed by atoms with van der Waals surface area (Å²) in [6.45, 7) is 6.85. The molecule has 1 N–H and O–H groups in total. The summed E-state index contributed by atoms with van der Waals surface area (Å²) >= 11 is 0. The second-order valence-corrected chi connectivity index (χ2v) is 7.07. The summed E-state index contributed by atoms with van der Waals surface area (Å²) in [6, 6.07) is 17.9. The van der Waals surface area contributed by atoms with E-state index in [9.17, 15) is 9.90 Å². The average molecular weight is 361 g/mol. The number of fused-ring (bicyclic) bond motifs is 1. The van der Waals surface area contributed by atoms with E-state index in [4.69, 9.17) is 0 Å². The van der Waals surface area contributed by atoms with Crippen molar-refractivity contribution in [1.82, 2.24) is 9.88 Å². The molecule has 1 saturated heterocycles. The molecule has 2 heterocycles. The number of hydrogen-bond donors (Lipinski definition) is 1. The zero-order valence-corrected chi connectivity index (χ0v) is 15.4. The Morgan fingerprint density at radius 1 is 1.04 bits per heavy atom. The molecular weight excluding hydrogens is 338 g/mol. The normalized spacial score (nSPS) is 15.2. The van der Waals surface area contributed by atoms with E-state index in [1.165, 1.54) is 5.56 Å². The highest BCUT2D eigenvalue weighted by molar-refractivity contribution is 5.97. The van der Waals surface area contributed by atoms with E-state index < -0.39 is 5.97 Å². The molecule has 0 radical (unpaired) electrons. The van der Waals surface area contributed by atoms with Crippen molar-refractivity contribution in [2.24, 2.45) is 0 Å². The minimum Gasteiger partial charge on any atom is -0.478 e. The second kappa shape index (κ2) is 7.37.